The number of nitrogens with zero attached hydrogens (tertiary/aromatic N) is 3. The van der Waals surface area contributed by atoms with Gasteiger partial charge >= 0.3 is 6.09 Å². The van der Waals surface area contributed by atoms with E-state index in [1.165, 1.54) is 11.8 Å². The van der Waals surface area contributed by atoms with Crippen molar-refractivity contribution in [3.8, 4) is 5.88 Å². The van der Waals surface area contributed by atoms with E-state index >= 15 is 0 Å². The van der Waals surface area contributed by atoms with Crippen molar-refractivity contribution in [2.75, 3.05) is 24.7 Å². The van der Waals surface area contributed by atoms with Gasteiger partial charge in [0.25, 0.3) is 0 Å². The van der Waals surface area contributed by atoms with Crippen LogP contribution in [0.25, 0.3) is 0 Å². The Balaban J connectivity index is 1.57. The lowest BCUT2D eigenvalue weighted by Crippen LogP contribution is -2.55. The summed E-state index contributed by atoms with van der Waals surface area (Å²) in [6.07, 6.45) is 2.92. The maximum atomic E-state index is 13.4. The number of nitrogens with one attached hydrogen (secondary N) is 1. The Morgan fingerprint density at radius 2 is 2.00 bits per heavy atom. The summed E-state index contributed by atoms with van der Waals surface area (Å²) in [4.78, 5) is 22.7. The van der Waals surface area contributed by atoms with E-state index in [1.807, 2.05) is 27.0 Å². The summed E-state index contributed by atoms with van der Waals surface area (Å²) >= 11 is 1.38. The molecule has 1 aliphatic carbocycles. The van der Waals surface area contributed by atoms with Crippen LogP contribution in [0.15, 0.2) is 11.2 Å². The van der Waals surface area contributed by atoms with Gasteiger partial charge in [0.05, 0.1) is 6.04 Å². The molecular weight excluding hydrogens is 414 g/mol. The molecule has 0 radical (unpaired) electrons. The molecule has 10 heteroatoms. The van der Waals surface area contributed by atoms with E-state index in [4.69, 9.17) is 9.47 Å². The maximum absolute atomic E-state index is 13.4. The minimum atomic E-state index is -2.56. The second-order valence-corrected chi connectivity index (χ2v) is 9.55. The SMILES string of the molecule is CSc1nc(NC2CCC(F)(F)CC2)cc(OCC2CCN2C(=O)OC(C)(C)C)n1. The van der Waals surface area contributed by atoms with Gasteiger partial charge < -0.3 is 19.7 Å². The summed E-state index contributed by atoms with van der Waals surface area (Å²) in [6.45, 7) is 6.45. The van der Waals surface area contributed by atoms with Crippen LogP contribution in [0.2, 0.25) is 0 Å². The van der Waals surface area contributed by atoms with E-state index in [1.54, 1.807) is 11.0 Å². The molecule has 2 fully saturated rings. The summed E-state index contributed by atoms with van der Waals surface area (Å²) in [7, 11) is 0. The topological polar surface area (TPSA) is 76.6 Å². The fourth-order valence-corrected chi connectivity index (χ4v) is 3.76. The molecule has 1 N–H and O–H groups in total. The first-order chi connectivity index (χ1) is 14.0. The Hall–Kier alpha value is -1.84. The third-order valence-electron chi connectivity index (χ3n) is 5.13. The number of thioether (sulfide) groups is 1. The van der Waals surface area contributed by atoms with Crippen molar-refractivity contribution in [2.24, 2.45) is 0 Å². The molecule has 1 saturated heterocycles. The van der Waals surface area contributed by atoms with E-state index in [9.17, 15) is 13.6 Å². The number of rotatable bonds is 6. The Bertz CT molecular complexity index is 750. The zero-order valence-corrected chi connectivity index (χ0v) is 18.7. The highest BCUT2D eigenvalue weighted by atomic mass is 32.2. The lowest BCUT2D eigenvalue weighted by Gasteiger charge is -2.40. The van der Waals surface area contributed by atoms with E-state index < -0.39 is 11.5 Å². The number of likely N-dealkylation sites (tertiary alicyclic amines) is 1. The third-order valence-corrected chi connectivity index (χ3v) is 5.68. The number of ether oxygens (including phenoxy) is 2. The molecule has 0 bridgehead atoms. The molecule has 2 heterocycles. The number of carbonyl (C=O) groups excluding carboxylic acids is 1. The van der Waals surface area contributed by atoms with Crippen LogP contribution in [0.4, 0.5) is 19.4 Å². The molecule has 1 unspecified atom stereocenters. The fourth-order valence-electron chi connectivity index (χ4n) is 3.39. The quantitative estimate of drug-likeness (QED) is 0.508. The lowest BCUT2D eigenvalue weighted by atomic mass is 9.92. The molecule has 3 rings (SSSR count). The summed E-state index contributed by atoms with van der Waals surface area (Å²) in [5.41, 5.74) is -0.540. The first-order valence-corrected chi connectivity index (χ1v) is 11.5. The molecule has 168 valence electrons. The lowest BCUT2D eigenvalue weighted by molar-refractivity contribution is -0.0361. The van der Waals surface area contributed by atoms with Crippen molar-refractivity contribution < 1.29 is 23.0 Å². The van der Waals surface area contributed by atoms with Gasteiger partial charge in [-0.15, -0.1) is 0 Å². The van der Waals surface area contributed by atoms with Crippen molar-refractivity contribution in [2.45, 2.75) is 81.6 Å². The molecule has 0 aromatic carbocycles. The number of hydrogen-bond donors (Lipinski definition) is 1. The van der Waals surface area contributed by atoms with Crippen molar-refractivity contribution in [3.05, 3.63) is 6.07 Å². The molecule has 1 aromatic heterocycles. The normalized spacial score (nSPS) is 21.7. The van der Waals surface area contributed by atoms with Crippen molar-refractivity contribution in [1.29, 1.82) is 0 Å². The third kappa shape index (κ3) is 6.33. The van der Waals surface area contributed by atoms with Crippen LogP contribution >= 0.6 is 11.8 Å². The first-order valence-electron chi connectivity index (χ1n) is 10.2. The Morgan fingerprint density at radius 1 is 1.30 bits per heavy atom. The number of amides is 1. The number of carbonyl (C=O) groups is 1. The summed E-state index contributed by atoms with van der Waals surface area (Å²) < 4.78 is 38.0. The van der Waals surface area contributed by atoms with Gasteiger partial charge in [-0.1, -0.05) is 11.8 Å². The van der Waals surface area contributed by atoms with E-state index in [2.05, 4.69) is 15.3 Å². The van der Waals surface area contributed by atoms with Crippen molar-refractivity contribution >= 4 is 23.7 Å². The molecule has 1 aromatic rings. The van der Waals surface area contributed by atoms with Crippen LogP contribution in [0.1, 0.15) is 52.9 Å². The molecule has 1 atom stereocenters. The number of hydrogen-bond acceptors (Lipinski definition) is 7. The second-order valence-electron chi connectivity index (χ2n) is 8.78. The summed E-state index contributed by atoms with van der Waals surface area (Å²) in [5.74, 6) is -1.60. The molecule has 1 aliphatic heterocycles. The van der Waals surface area contributed by atoms with Crippen LogP contribution in [0, 0.1) is 0 Å². The largest absolute Gasteiger partial charge is 0.475 e. The van der Waals surface area contributed by atoms with Gasteiger partial charge in [-0.3, -0.25) is 0 Å². The van der Waals surface area contributed by atoms with Gasteiger partial charge in [-0.2, -0.15) is 4.98 Å². The average molecular weight is 445 g/mol. The Morgan fingerprint density at radius 3 is 2.57 bits per heavy atom. The molecule has 0 spiro atoms. The zero-order valence-electron chi connectivity index (χ0n) is 17.9. The zero-order chi connectivity index (χ0) is 21.9. The Labute approximate surface area is 180 Å². The second kappa shape index (κ2) is 9.11. The number of alkyl halides is 2. The van der Waals surface area contributed by atoms with Crippen molar-refractivity contribution in [1.82, 2.24) is 14.9 Å². The van der Waals surface area contributed by atoms with Crippen LogP contribution in [0.5, 0.6) is 5.88 Å². The van der Waals surface area contributed by atoms with Crippen LogP contribution in [-0.2, 0) is 4.74 Å². The van der Waals surface area contributed by atoms with Crippen LogP contribution < -0.4 is 10.1 Å². The Kier molecular flexibility index (Phi) is 6.94. The van der Waals surface area contributed by atoms with Crippen LogP contribution in [0.3, 0.4) is 0 Å². The number of anilines is 1. The minimum absolute atomic E-state index is 0.0450. The molecule has 1 amide bonds. The number of aromatic nitrogens is 2. The van der Waals surface area contributed by atoms with Gasteiger partial charge in [-0.05, 0) is 46.3 Å². The highest BCUT2D eigenvalue weighted by Crippen LogP contribution is 2.34. The average Bonchev–Trinajstić information content (AvgIpc) is 2.61. The van der Waals surface area contributed by atoms with E-state index in [0.29, 0.717) is 42.8 Å². The van der Waals surface area contributed by atoms with Gasteiger partial charge in [0, 0.05) is 31.5 Å². The van der Waals surface area contributed by atoms with E-state index in [-0.39, 0.29) is 31.0 Å². The van der Waals surface area contributed by atoms with Crippen molar-refractivity contribution in [3.63, 3.8) is 0 Å². The molecule has 7 nitrogen and oxygen atoms in total. The molecule has 30 heavy (non-hydrogen) atoms. The highest BCUT2D eigenvalue weighted by molar-refractivity contribution is 7.98. The van der Waals surface area contributed by atoms with Gasteiger partial charge in [0.15, 0.2) is 5.16 Å². The van der Waals surface area contributed by atoms with Gasteiger partial charge in [-0.25, -0.2) is 18.6 Å². The molecular formula is C20H30F2N4O3S. The smallest absolute Gasteiger partial charge is 0.410 e. The fraction of sp³-hybridized carbons (Fsp3) is 0.750. The highest BCUT2D eigenvalue weighted by Gasteiger charge is 2.36. The predicted molar refractivity (Wildman–Crippen MR) is 111 cm³/mol. The summed E-state index contributed by atoms with van der Waals surface area (Å²) in [6, 6.07) is 1.57. The van der Waals surface area contributed by atoms with Crippen LogP contribution in [-0.4, -0.2) is 64.0 Å². The minimum Gasteiger partial charge on any atom is -0.475 e. The first kappa shape index (κ1) is 22.8. The van der Waals surface area contributed by atoms with Gasteiger partial charge in [0.2, 0.25) is 11.8 Å². The number of halogens is 2. The molecule has 2 aliphatic rings. The summed E-state index contributed by atoms with van der Waals surface area (Å²) in [5, 5.41) is 3.78. The van der Waals surface area contributed by atoms with Gasteiger partial charge in [0.1, 0.15) is 18.0 Å². The van der Waals surface area contributed by atoms with E-state index in [0.717, 1.165) is 6.42 Å². The maximum Gasteiger partial charge on any atom is 0.410 e. The standard InChI is InChI=1S/C20H30F2N4O3S/c1-19(2,3)29-18(27)26-10-7-14(26)12-28-16-11-15(24-17(25-16)30-4)23-13-5-8-20(21,22)9-6-13/h11,13-14H,5-10,12H2,1-4H3,(H,23,24,25). The monoisotopic (exact) mass is 444 g/mol. The predicted octanol–water partition coefficient (Wildman–Crippen LogP) is 4.58. The molecule has 1 saturated carbocycles.